The Balaban J connectivity index is 1.80. The van der Waals surface area contributed by atoms with Crippen molar-refractivity contribution < 1.29 is 8.42 Å². The monoisotopic (exact) mass is 289 g/mol. The van der Waals surface area contributed by atoms with Crippen molar-refractivity contribution in [1.82, 2.24) is 13.9 Å². The first-order chi connectivity index (χ1) is 8.97. The van der Waals surface area contributed by atoms with Crippen LogP contribution in [0.1, 0.15) is 25.7 Å². The van der Waals surface area contributed by atoms with Gasteiger partial charge in [0.15, 0.2) is 0 Å². The predicted molar refractivity (Wildman–Crippen MR) is 74.2 cm³/mol. The summed E-state index contributed by atoms with van der Waals surface area (Å²) < 4.78 is 28.5. The maximum absolute atomic E-state index is 12.1. The van der Waals surface area contributed by atoms with E-state index in [4.69, 9.17) is 11.1 Å². The molecular weight excluding hydrogens is 266 g/mol. The van der Waals surface area contributed by atoms with E-state index in [0.29, 0.717) is 19.6 Å². The minimum atomic E-state index is -3.30. The lowest BCUT2D eigenvalue weighted by atomic mass is 10.1. The second-order valence-corrected chi connectivity index (χ2v) is 7.01. The van der Waals surface area contributed by atoms with Crippen LogP contribution in [-0.4, -0.2) is 62.2 Å². The van der Waals surface area contributed by atoms with Gasteiger partial charge in [0, 0.05) is 32.2 Å². The smallest absolute Gasteiger partial charge is 0.279 e. The van der Waals surface area contributed by atoms with Gasteiger partial charge < -0.3 is 5.73 Å². The molecule has 19 heavy (non-hydrogen) atoms. The highest BCUT2D eigenvalue weighted by Crippen LogP contribution is 2.15. The summed E-state index contributed by atoms with van der Waals surface area (Å²) in [5.74, 6) is 0.163. The molecule has 2 rings (SSSR count). The number of hydrogen-bond donors (Lipinski definition) is 3. The van der Waals surface area contributed by atoms with Crippen molar-refractivity contribution >= 4 is 16.0 Å². The molecule has 2 fully saturated rings. The fourth-order valence-corrected chi connectivity index (χ4v) is 4.21. The van der Waals surface area contributed by atoms with Crippen molar-refractivity contribution in [2.24, 2.45) is 5.73 Å². The maximum atomic E-state index is 12.1. The summed E-state index contributed by atoms with van der Waals surface area (Å²) in [6.07, 6.45) is 3.47. The number of nitrogens with two attached hydrogens (primary N) is 1. The summed E-state index contributed by atoms with van der Waals surface area (Å²) in [5.41, 5.74) is 5.37. The van der Waals surface area contributed by atoms with Crippen LogP contribution < -0.4 is 10.5 Å². The molecule has 4 N–H and O–H groups in total. The van der Waals surface area contributed by atoms with Crippen LogP contribution in [0.4, 0.5) is 0 Å². The summed E-state index contributed by atoms with van der Waals surface area (Å²) in [7, 11) is -3.30. The van der Waals surface area contributed by atoms with Gasteiger partial charge in [-0.3, -0.25) is 10.3 Å². The van der Waals surface area contributed by atoms with Gasteiger partial charge >= 0.3 is 0 Å². The van der Waals surface area contributed by atoms with Gasteiger partial charge in [-0.2, -0.15) is 17.4 Å². The molecule has 0 bridgehead atoms. The average molecular weight is 289 g/mol. The normalized spacial score (nSPS) is 23.8. The topological polar surface area (TPSA) is 103 Å². The van der Waals surface area contributed by atoms with Crippen molar-refractivity contribution in [2.75, 3.05) is 32.7 Å². The maximum Gasteiger partial charge on any atom is 0.279 e. The molecule has 110 valence electrons. The van der Waals surface area contributed by atoms with Crippen molar-refractivity contribution in [3.63, 3.8) is 0 Å². The molecule has 7 nitrogen and oxygen atoms in total. The lowest BCUT2D eigenvalue weighted by Gasteiger charge is -2.32. The molecule has 0 aromatic carbocycles. The van der Waals surface area contributed by atoms with E-state index >= 15 is 0 Å². The van der Waals surface area contributed by atoms with Crippen LogP contribution in [0.3, 0.4) is 0 Å². The lowest BCUT2D eigenvalue weighted by Crippen LogP contribution is -2.49. The third-order valence-electron chi connectivity index (χ3n) is 3.70. The number of rotatable bonds is 5. The van der Waals surface area contributed by atoms with Crippen LogP contribution >= 0.6 is 0 Å². The Morgan fingerprint density at radius 3 is 2.32 bits per heavy atom. The highest BCUT2D eigenvalue weighted by Gasteiger charge is 2.29. The van der Waals surface area contributed by atoms with Crippen molar-refractivity contribution in [2.45, 2.75) is 31.7 Å². The quantitative estimate of drug-likeness (QED) is 0.461. The largest absolute Gasteiger partial charge is 0.387 e. The van der Waals surface area contributed by atoms with Gasteiger partial charge in [0.2, 0.25) is 0 Å². The number of hydrogen-bond acceptors (Lipinski definition) is 4. The average Bonchev–Trinajstić information content (AvgIpc) is 2.85. The Hall–Kier alpha value is -0.700. The summed E-state index contributed by atoms with van der Waals surface area (Å²) >= 11 is 0. The van der Waals surface area contributed by atoms with Gasteiger partial charge in [0.05, 0.1) is 6.54 Å². The molecule has 0 radical (unpaired) electrons. The van der Waals surface area contributed by atoms with E-state index in [0.717, 1.165) is 38.8 Å². The summed E-state index contributed by atoms with van der Waals surface area (Å²) in [6, 6.07) is 0.00816. The number of nitrogens with zero attached hydrogens (tertiary/aromatic N) is 2. The third kappa shape index (κ3) is 4.13. The fourth-order valence-electron chi connectivity index (χ4n) is 2.66. The Labute approximate surface area is 114 Å². The van der Waals surface area contributed by atoms with Crippen LogP contribution in [0.25, 0.3) is 0 Å². The van der Waals surface area contributed by atoms with Crippen LogP contribution in [0.15, 0.2) is 0 Å². The molecule has 2 heterocycles. The molecule has 0 amide bonds. The summed E-state index contributed by atoms with van der Waals surface area (Å²) in [4.78, 5) is 2.09. The predicted octanol–water partition coefficient (Wildman–Crippen LogP) is -0.683. The molecule has 0 aromatic heterocycles. The van der Waals surface area contributed by atoms with E-state index < -0.39 is 10.2 Å². The molecule has 2 aliphatic rings. The zero-order chi connectivity index (χ0) is 13.9. The molecule has 0 unspecified atom stereocenters. The zero-order valence-corrected chi connectivity index (χ0v) is 12.0. The van der Waals surface area contributed by atoms with Crippen LogP contribution in [-0.2, 0) is 10.2 Å². The Morgan fingerprint density at radius 2 is 1.79 bits per heavy atom. The second-order valence-electron chi connectivity index (χ2n) is 5.30. The van der Waals surface area contributed by atoms with Crippen molar-refractivity contribution in [3.8, 4) is 0 Å². The molecule has 2 saturated heterocycles. The van der Waals surface area contributed by atoms with Gasteiger partial charge in [-0.1, -0.05) is 0 Å². The van der Waals surface area contributed by atoms with Crippen LogP contribution in [0.5, 0.6) is 0 Å². The molecular formula is C11H23N5O2S. The highest BCUT2D eigenvalue weighted by molar-refractivity contribution is 7.87. The van der Waals surface area contributed by atoms with E-state index in [2.05, 4.69) is 9.62 Å². The van der Waals surface area contributed by atoms with Crippen LogP contribution in [0.2, 0.25) is 0 Å². The SMILES string of the molecule is N=C(N)CN1CCC(NS(=O)(=O)N2CCCC2)CC1. The van der Waals surface area contributed by atoms with Gasteiger partial charge in [-0.25, -0.2) is 0 Å². The van der Waals surface area contributed by atoms with Crippen molar-refractivity contribution in [3.05, 3.63) is 0 Å². The van der Waals surface area contributed by atoms with E-state index in [-0.39, 0.29) is 11.9 Å². The molecule has 0 spiro atoms. The number of nitrogens with one attached hydrogen (secondary N) is 2. The molecule has 0 aromatic rings. The molecule has 2 aliphatic heterocycles. The summed E-state index contributed by atoms with van der Waals surface area (Å²) in [6.45, 7) is 3.32. The van der Waals surface area contributed by atoms with E-state index in [1.54, 1.807) is 0 Å². The van der Waals surface area contributed by atoms with E-state index in [1.165, 1.54) is 4.31 Å². The van der Waals surface area contributed by atoms with Crippen molar-refractivity contribution in [1.29, 1.82) is 5.41 Å². The number of piperidine rings is 1. The zero-order valence-electron chi connectivity index (χ0n) is 11.1. The fraction of sp³-hybridized carbons (Fsp3) is 0.909. The summed E-state index contributed by atoms with van der Waals surface area (Å²) in [5, 5.41) is 7.26. The standard InChI is InChI=1S/C11H23N5O2S/c12-11(13)9-15-7-3-10(4-8-15)14-19(17,18)16-5-1-2-6-16/h10,14H,1-9H2,(H3,12,13). The first-order valence-electron chi connectivity index (χ1n) is 6.80. The molecule has 8 heteroatoms. The lowest BCUT2D eigenvalue weighted by molar-refractivity contribution is 0.230. The van der Waals surface area contributed by atoms with E-state index in [1.807, 2.05) is 0 Å². The Morgan fingerprint density at radius 1 is 1.21 bits per heavy atom. The van der Waals surface area contributed by atoms with Gasteiger partial charge in [0.1, 0.15) is 5.84 Å². The molecule has 0 saturated carbocycles. The minimum absolute atomic E-state index is 0.00816. The van der Waals surface area contributed by atoms with Gasteiger partial charge in [0.25, 0.3) is 10.2 Å². The first kappa shape index (κ1) is 14.7. The van der Waals surface area contributed by atoms with Gasteiger partial charge in [-0.15, -0.1) is 0 Å². The van der Waals surface area contributed by atoms with Gasteiger partial charge in [-0.05, 0) is 25.7 Å². The Kier molecular flexibility index (Phi) is 4.77. The number of likely N-dealkylation sites (tertiary alicyclic amines) is 1. The molecule has 0 aliphatic carbocycles. The van der Waals surface area contributed by atoms with Crippen LogP contribution in [0, 0.1) is 5.41 Å². The number of amidine groups is 1. The highest BCUT2D eigenvalue weighted by atomic mass is 32.2. The second kappa shape index (κ2) is 6.17. The van der Waals surface area contributed by atoms with E-state index in [9.17, 15) is 8.42 Å². The Bertz CT molecular complexity index is 411. The third-order valence-corrected chi connectivity index (χ3v) is 5.38. The first-order valence-corrected chi connectivity index (χ1v) is 8.24. The molecule has 0 atom stereocenters. The minimum Gasteiger partial charge on any atom is -0.387 e.